The van der Waals surface area contributed by atoms with Crippen LogP contribution in [0.5, 0.6) is 5.75 Å². The van der Waals surface area contributed by atoms with Crippen LogP contribution in [0.2, 0.25) is 0 Å². The topological polar surface area (TPSA) is 64.6 Å². The first-order chi connectivity index (χ1) is 17.9. The number of alkyl halides is 3. The highest BCUT2D eigenvalue weighted by molar-refractivity contribution is 5.95. The molecule has 5 nitrogen and oxygen atoms in total. The van der Waals surface area contributed by atoms with Gasteiger partial charge in [0.25, 0.3) is 5.91 Å². The van der Waals surface area contributed by atoms with E-state index in [0.29, 0.717) is 28.9 Å². The first-order valence-corrected chi connectivity index (χ1v) is 12.4. The zero-order valence-corrected chi connectivity index (χ0v) is 22.1. The molecule has 0 saturated carbocycles. The molecule has 38 heavy (non-hydrogen) atoms. The molecule has 0 aliphatic carbocycles. The van der Waals surface area contributed by atoms with Crippen LogP contribution in [0, 0.1) is 6.92 Å². The third-order valence-electron chi connectivity index (χ3n) is 6.12. The van der Waals surface area contributed by atoms with Crippen LogP contribution in [0.4, 0.5) is 13.2 Å². The Morgan fingerprint density at radius 1 is 0.921 bits per heavy atom. The van der Waals surface area contributed by atoms with Crippen molar-refractivity contribution in [1.29, 1.82) is 0 Å². The summed E-state index contributed by atoms with van der Waals surface area (Å²) in [5.74, 6) is -0.215. The molecule has 8 heteroatoms. The minimum Gasteiger partial charge on any atom is -0.476 e. The van der Waals surface area contributed by atoms with Crippen LogP contribution >= 0.6 is 0 Å². The van der Waals surface area contributed by atoms with E-state index in [0.717, 1.165) is 23.3 Å². The molecule has 0 saturated heterocycles. The smallest absolute Gasteiger partial charge is 0.416 e. The number of nitrogens with one attached hydrogen (secondary N) is 1. The highest BCUT2D eigenvalue weighted by Crippen LogP contribution is 2.32. The predicted octanol–water partition coefficient (Wildman–Crippen LogP) is 7.28. The van der Waals surface area contributed by atoms with Crippen molar-refractivity contribution in [2.24, 2.45) is 0 Å². The number of rotatable bonds is 9. The van der Waals surface area contributed by atoms with Gasteiger partial charge in [-0.1, -0.05) is 43.3 Å². The molecule has 0 heterocycles. The molecule has 0 radical (unpaired) electrons. The molecule has 1 amide bonds. The number of hydrogen-bond donors (Lipinski definition) is 1. The summed E-state index contributed by atoms with van der Waals surface area (Å²) in [5.41, 5.74) is 1.20. The third kappa shape index (κ3) is 6.94. The second-order valence-electron chi connectivity index (χ2n) is 9.45. The first kappa shape index (κ1) is 28.8. The highest BCUT2D eigenvalue weighted by Gasteiger charge is 2.32. The number of benzene rings is 3. The van der Waals surface area contributed by atoms with E-state index in [1.807, 2.05) is 26.0 Å². The number of ether oxygens (including phenoxy) is 2. The molecule has 0 fully saturated rings. The highest BCUT2D eigenvalue weighted by atomic mass is 19.4. The van der Waals surface area contributed by atoms with E-state index in [1.54, 1.807) is 57.2 Å². The van der Waals surface area contributed by atoms with Crippen molar-refractivity contribution in [2.45, 2.75) is 58.9 Å². The maximum atomic E-state index is 13.0. The molecule has 0 aliphatic rings. The summed E-state index contributed by atoms with van der Waals surface area (Å²) >= 11 is 0. The van der Waals surface area contributed by atoms with Crippen molar-refractivity contribution in [3.8, 4) is 16.9 Å². The fourth-order valence-corrected chi connectivity index (χ4v) is 3.98. The van der Waals surface area contributed by atoms with Gasteiger partial charge in [0.1, 0.15) is 5.75 Å². The quantitative estimate of drug-likeness (QED) is 0.297. The van der Waals surface area contributed by atoms with Crippen LogP contribution in [0.15, 0.2) is 66.7 Å². The minimum atomic E-state index is -4.43. The summed E-state index contributed by atoms with van der Waals surface area (Å²) in [6.45, 7) is 9.09. The summed E-state index contributed by atoms with van der Waals surface area (Å²) in [5, 5.41) is 3.01. The van der Waals surface area contributed by atoms with Gasteiger partial charge in [0.15, 0.2) is 5.60 Å². The van der Waals surface area contributed by atoms with E-state index in [2.05, 4.69) is 5.32 Å². The van der Waals surface area contributed by atoms with Gasteiger partial charge in [-0.15, -0.1) is 0 Å². The molecule has 0 aromatic heterocycles. The van der Waals surface area contributed by atoms with E-state index in [4.69, 9.17) is 9.47 Å². The molecule has 1 N–H and O–H groups in total. The number of carbonyl (C=O) groups excluding carboxylic acids is 2. The van der Waals surface area contributed by atoms with E-state index in [9.17, 15) is 22.8 Å². The predicted molar refractivity (Wildman–Crippen MR) is 140 cm³/mol. The Morgan fingerprint density at radius 3 is 2.18 bits per heavy atom. The van der Waals surface area contributed by atoms with Crippen LogP contribution < -0.4 is 10.1 Å². The van der Waals surface area contributed by atoms with E-state index in [-0.39, 0.29) is 18.6 Å². The number of aryl methyl sites for hydroxylation is 1. The monoisotopic (exact) mass is 527 g/mol. The maximum Gasteiger partial charge on any atom is 0.416 e. The fourth-order valence-electron chi connectivity index (χ4n) is 3.98. The summed E-state index contributed by atoms with van der Waals surface area (Å²) in [6.07, 6.45) is -3.80. The molecule has 3 aromatic carbocycles. The van der Waals surface area contributed by atoms with Crippen molar-refractivity contribution in [1.82, 2.24) is 5.32 Å². The van der Waals surface area contributed by atoms with E-state index in [1.165, 1.54) is 6.07 Å². The van der Waals surface area contributed by atoms with Crippen LogP contribution in [0.1, 0.15) is 67.2 Å². The summed E-state index contributed by atoms with van der Waals surface area (Å²) in [6, 6.07) is 16.8. The third-order valence-corrected chi connectivity index (χ3v) is 6.12. The largest absolute Gasteiger partial charge is 0.476 e. The van der Waals surface area contributed by atoms with Crippen molar-refractivity contribution >= 4 is 11.9 Å². The Bertz CT molecular complexity index is 1280. The van der Waals surface area contributed by atoms with Gasteiger partial charge < -0.3 is 14.8 Å². The van der Waals surface area contributed by atoms with Gasteiger partial charge in [-0.2, -0.15) is 13.2 Å². The molecule has 0 spiro atoms. The van der Waals surface area contributed by atoms with Crippen molar-refractivity contribution in [3.05, 3.63) is 89.0 Å². The lowest BCUT2D eigenvalue weighted by molar-refractivity contribution is -0.158. The second-order valence-corrected chi connectivity index (χ2v) is 9.45. The lowest BCUT2D eigenvalue weighted by atomic mass is 9.99. The van der Waals surface area contributed by atoms with Crippen molar-refractivity contribution in [2.75, 3.05) is 6.61 Å². The normalized spacial score (nSPS) is 12.5. The lowest BCUT2D eigenvalue weighted by Gasteiger charge is -2.26. The molecule has 1 atom stereocenters. The average Bonchev–Trinajstić information content (AvgIpc) is 2.88. The number of hydrogen-bond acceptors (Lipinski definition) is 4. The number of amides is 1. The van der Waals surface area contributed by atoms with Crippen LogP contribution in [0.25, 0.3) is 11.1 Å². The second kappa shape index (κ2) is 11.7. The lowest BCUT2D eigenvalue weighted by Crippen LogP contribution is -2.40. The Labute approximate surface area is 221 Å². The van der Waals surface area contributed by atoms with Gasteiger partial charge in [-0.25, -0.2) is 4.79 Å². The van der Waals surface area contributed by atoms with Gasteiger partial charge >= 0.3 is 12.1 Å². The van der Waals surface area contributed by atoms with Gasteiger partial charge in [-0.05, 0) is 86.7 Å². The van der Waals surface area contributed by atoms with Crippen molar-refractivity contribution in [3.63, 3.8) is 0 Å². The molecular weight excluding hydrogens is 495 g/mol. The van der Waals surface area contributed by atoms with E-state index >= 15 is 0 Å². The molecule has 1 unspecified atom stereocenters. The fraction of sp³-hybridized carbons (Fsp3) is 0.333. The minimum absolute atomic E-state index is 0.259. The van der Waals surface area contributed by atoms with Crippen LogP contribution in [-0.4, -0.2) is 24.1 Å². The summed E-state index contributed by atoms with van der Waals surface area (Å²) in [7, 11) is 0. The molecule has 3 aromatic rings. The zero-order chi connectivity index (χ0) is 28.1. The molecular formula is C30H32F3NO4. The van der Waals surface area contributed by atoms with Crippen LogP contribution in [0.3, 0.4) is 0 Å². The average molecular weight is 528 g/mol. The number of halogens is 3. The Morgan fingerprint density at radius 2 is 1.61 bits per heavy atom. The summed E-state index contributed by atoms with van der Waals surface area (Å²) in [4.78, 5) is 25.1. The number of carbonyl (C=O) groups is 2. The van der Waals surface area contributed by atoms with Crippen LogP contribution in [-0.2, 0) is 15.7 Å². The Balaban J connectivity index is 1.72. The molecule has 202 valence electrons. The SMILES string of the molecule is CCOC(=O)C(C)(C)Oc1ccc(C(CC)NC(=O)c2ccc(-c3cccc(C(F)(F)F)c3)cc2)cc1C. The summed E-state index contributed by atoms with van der Waals surface area (Å²) < 4.78 is 50.1. The Kier molecular flexibility index (Phi) is 8.86. The van der Waals surface area contributed by atoms with Crippen molar-refractivity contribution < 1.29 is 32.2 Å². The van der Waals surface area contributed by atoms with Gasteiger partial charge in [0.2, 0.25) is 0 Å². The first-order valence-electron chi connectivity index (χ1n) is 12.4. The molecule has 0 aliphatic heterocycles. The Hall–Kier alpha value is -3.81. The molecule has 0 bridgehead atoms. The van der Waals surface area contributed by atoms with E-state index < -0.39 is 23.3 Å². The van der Waals surface area contributed by atoms with Gasteiger partial charge in [0.05, 0.1) is 18.2 Å². The molecule has 3 rings (SSSR count). The maximum absolute atomic E-state index is 13.0. The van der Waals surface area contributed by atoms with Gasteiger partial charge in [0, 0.05) is 5.56 Å². The number of esters is 1. The van der Waals surface area contributed by atoms with Gasteiger partial charge in [-0.3, -0.25) is 4.79 Å². The standard InChI is InChI=1S/C30H32F3NO4/c1-6-25(23-15-16-26(19(3)17-23)38-29(4,5)28(36)37-7-2)34-27(35)21-13-11-20(12-14-21)22-9-8-10-24(18-22)30(31,32)33/h8-18,25H,6-7H2,1-5H3,(H,34,35). The zero-order valence-electron chi connectivity index (χ0n) is 22.1.